The van der Waals surface area contributed by atoms with Gasteiger partial charge in [0, 0.05) is 17.6 Å². The minimum Gasteiger partial charge on any atom is -0.337 e. The van der Waals surface area contributed by atoms with E-state index in [2.05, 4.69) is 16.3 Å². The molecule has 2 fully saturated rings. The highest BCUT2D eigenvalue weighted by Crippen LogP contribution is 2.35. The molecule has 2 saturated carbocycles. The number of hydrogen-bond acceptors (Lipinski definition) is 3. The Balaban J connectivity index is 1.69. The maximum atomic E-state index is 14.2. The van der Waals surface area contributed by atoms with E-state index in [9.17, 15) is 14.4 Å². The van der Waals surface area contributed by atoms with Crippen LogP contribution in [0.25, 0.3) is 0 Å². The van der Waals surface area contributed by atoms with E-state index in [0.29, 0.717) is 11.6 Å². The summed E-state index contributed by atoms with van der Waals surface area (Å²) in [4.78, 5) is 14.8. The lowest BCUT2D eigenvalue weighted by molar-refractivity contribution is -0.124. The van der Waals surface area contributed by atoms with Crippen LogP contribution in [0.1, 0.15) is 69.9 Å². The fourth-order valence-electron chi connectivity index (χ4n) is 4.05. The molecule has 0 radical (unpaired) electrons. The van der Waals surface area contributed by atoms with E-state index in [-0.39, 0.29) is 24.3 Å². The van der Waals surface area contributed by atoms with Crippen LogP contribution in [0.2, 0.25) is 0 Å². The zero-order chi connectivity index (χ0) is 18.6. The molecule has 140 valence electrons. The van der Waals surface area contributed by atoms with Gasteiger partial charge in [0.2, 0.25) is 5.91 Å². The molecule has 0 bridgehead atoms. The average molecular weight is 357 g/mol. The summed E-state index contributed by atoms with van der Waals surface area (Å²) < 4.78 is 14.2. The molecule has 1 aromatic carbocycles. The summed E-state index contributed by atoms with van der Waals surface area (Å²) in [5.74, 6) is -0.355. The molecule has 5 heteroatoms. The van der Waals surface area contributed by atoms with E-state index in [4.69, 9.17) is 0 Å². The van der Waals surface area contributed by atoms with E-state index in [1.807, 2.05) is 13.0 Å². The number of rotatable bonds is 6. The van der Waals surface area contributed by atoms with Crippen molar-refractivity contribution in [1.82, 2.24) is 10.2 Å². The highest BCUT2D eigenvalue weighted by Gasteiger charge is 2.37. The second-order valence-corrected chi connectivity index (χ2v) is 7.76. The van der Waals surface area contributed by atoms with E-state index in [1.54, 1.807) is 12.1 Å². The predicted molar refractivity (Wildman–Crippen MR) is 98.7 cm³/mol. The number of carbonyl (C=O) groups is 1. The normalized spacial score (nSPS) is 20.8. The molecule has 2 aliphatic rings. The maximum Gasteiger partial charge on any atom is 0.235 e. The van der Waals surface area contributed by atoms with Crippen LogP contribution in [0, 0.1) is 17.1 Å². The Labute approximate surface area is 155 Å². The first-order valence-corrected chi connectivity index (χ1v) is 9.77. The average Bonchev–Trinajstić information content (AvgIpc) is 3.47. The molecule has 1 amide bonds. The number of nitriles is 1. The number of benzene rings is 1. The van der Waals surface area contributed by atoms with Gasteiger partial charge in [-0.05, 0) is 38.7 Å². The standard InChI is InChI=1S/C21H28FN3O/c1-16(18-8-4-5-9-19(18)22)25(17-10-11-17)14-20(26)24-21(15-23)12-6-2-3-7-13-21/h4-5,8-9,16-17H,2-3,6-7,10-14H2,1H3,(H,24,26). The number of carbonyl (C=O) groups excluding carboxylic acids is 1. The van der Waals surface area contributed by atoms with Crippen molar-refractivity contribution in [3.05, 3.63) is 35.6 Å². The highest BCUT2D eigenvalue weighted by atomic mass is 19.1. The van der Waals surface area contributed by atoms with E-state index >= 15 is 0 Å². The van der Waals surface area contributed by atoms with Crippen LogP contribution >= 0.6 is 0 Å². The van der Waals surface area contributed by atoms with Crippen LogP contribution in [0.3, 0.4) is 0 Å². The summed E-state index contributed by atoms with van der Waals surface area (Å²) in [6, 6.07) is 9.29. The Kier molecular flexibility index (Phi) is 5.93. The van der Waals surface area contributed by atoms with Gasteiger partial charge in [-0.2, -0.15) is 5.26 Å². The second-order valence-electron chi connectivity index (χ2n) is 7.76. The van der Waals surface area contributed by atoms with E-state index in [0.717, 1.165) is 51.4 Å². The first kappa shape index (κ1) is 18.8. The van der Waals surface area contributed by atoms with E-state index in [1.165, 1.54) is 6.07 Å². The van der Waals surface area contributed by atoms with Crippen LogP contribution in [0.5, 0.6) is 0 Å². The van der Waals surface area contributed by atoms with Gasteiger partial charge >= 0.3 is 0 Å². The minimum absolute atomic E-state index is 0.122. The van der Waals surface area contributed by atoms with Gasteiger partial charge in [-0.25, -0.2) is 4.39 Å². The lowest BCUT2D eigenvalue weighted by Crippen LogP contribution is -2.51. The Bertz CT molecular complexity index is 672. The predicted octanol–water partition coefficient (Wildman–Crippen LogP) is 4.08. The highest BCUT2D eigenvalue weighted by molar-refractivity contribution is 5.79. The Hall–Kier alpha value is -1.93. The number of hydrogen-bond donors (Lipinski definition) is 1. The molecule has 1 N–H and O–H groups in total. The van der Waals surface area contributed by atoms with Crippen molar-refractivity contribution in [1.29, 1.82) is 5.26 Å². The van der Waals surface area contributed by atoms with Gasteiger partial charge in [-0.1, -0.05) is 43.9 Å². The lowest BCUT2D eigenvalue weighted by atomic mass is 9.92. The largest absolute Gasteiger partial charge is 0.337 e. The Morgan fingerprint density at radius 3 is 2.54 bits per heavy atom. The molecule has 0 saturated heterocycles. The molecule has 1 unspecified atom stereocenters. The zero-order valence-electron chi connectivity index (χ0n) is 15.5. The first-order valence-electron chi connectivity index (χ1n) is 9.77. The fourth-order valence-corrected chi connectivity index (χ4v) is 4.05. The van der Waals surface area contributed by atoms with Crippen molar-refractivity contribution in [2.75, 3.05) is 6.54 Å². The molecule has 4 nitrogen and oxygen atoms in total. The van der Waals surface area contributed by atoms with Crippen LogP contribution in [-0.2, 0) is 4.79 Å². The smallest absolute Gasteiger partial charge is 0.235 e. The zero-order valence-corrected chi connectivity index (χ0v) is 15.5. The summed E-state index contributed by atoms with van der Waals surface area (Å²) in [6.07, 6.45) is 7.72. The van der Waals surface area contributed by atoms with Crippen LogP contribution < -0.4 is 5.32 Å². The third-order valence-electron chi connectivity index (χ3n) is 5.74. The van der Waals surface area contributed by atoms with Gasteiger partial charge in [-0.15, -0.1) is 0 Å². The van der Waals surface area contributed by atoms with Crippen LogP contribution in [0.4, 0.5) is 4.39 Å². The molecule has 0 aliphatic heterocycles. The second kappa shape index (κ2) is 8.18. The van der Waals surface area contributed by atoms with Gasteiger partial charge in [-0.3, -0.25) is 9.69 Å². The van der Waals surface area contributed by atoms with Crippen molar-refractivity contribution >= 4 is 5.91 Å². The van der Waals surface area contributed by atoms with Crippen molar-refractivity contribution in [3.8, 4) is 6.07 Å². The summed E-state index contributed by atoms with van der Waals surface area (Å²) in [5.41, 5.74) is -0.110. The fraction of sp³-hybridized carbons (Fsp3) is 0.619. The number of nitrogens with one attached hydrogen (secondary N) is 1. The molecule has 26 heavy (non-hydrogen) atoms. The quantitative estimate of drug-likeness (QED) is 0.781. The number of nitrogens with zero attached hydrogens (tertiary/aromatic N) is 2. The topological polar surface area (TPSA) is 56.1 Å². The molecule has 0 spiro atoms. The maximum absolute atomic E-state index is 14.2. The third kappa shape index (κ3) is 4.42. The van der Waals surface area contributed by atoms with Crippen LogP contribution in [-0.4, -0.2) is 28.9 Å². The van der Waals surface area contributed by atoms with Crippen molar-refractivity contribution in [2.24, 2.45) is 0 Å². The molecule has 1 atom stereocenters. The summed E-state index contributed by atoms with van der Waals surface area (Å²) in [5, 5.41) is 12.7. The minimum atomic E-state index is -0.732. The van der Waals surface area contributed by atoms with Crippen molar-refractivity contribution in [2.45, 2.75) is 75.9 Å². The van der Waals surface area contributed by atoms with Gasteiger partial charge in [0.25, 0.3) is 0 Å². The summed E-state index contributed by atoms with van der Waals surface area (Å²) in [7, 11) is 0. The molecular weight excluding hydrogens is 329 g/mol. The van der Waals surface area contributed by atoms with Crippen molar-refractivity contribution < 1.29 is 9.18 Å². The Morgan fingerprint density at radius 1 is 1.31 bits per heavy atom. The molecule has 0 heterocycles. The third-order valence-corrected chi connectivity index (χ3v) is 5.74. The van der Waals surface area contributed by atoms with Crippen molar-refractivity contribution in [3.63, 3.8) is 0 Å². The van der Waals surface area contributed by atoms with Gasteiger partial charge < -0.3 is 5.32 Å². The molecule has 1 aromatic rings. The van der Waals surface area contributed by atoms with E-state index < -0.39 is 5.54 Å². The van der Waals surface area contributed by atoms with Gasteiger partial charge in [0.05, 0.1) is 12.6 Å². The van der Waals surface area contributed by atoms with Gasteiger partial charge in [0.1, 0.15) is 11.4 Å². The first-order chi connectivity index (χ1) is 12.5. The summed E-state index contributed by atoms with van der Waals surface area (Å²) in [6.45, 7) is 2.17. The number of halogens is 1. The molecule has 3 rings (SSSR count). The summed E-state index contributed by atoms with van der Waals surface area (Å²) >= 11 is 0. The Morgan fingerprint density at radius 2 is 1.96 bits per heavy atom. The SMILES string of the molecule is CC(c1ccccc1F)N(CC(=O)NC1(C#N)CCCCCC1)C1CC1. The molecule has 2 aliphatic carbocycles. The number of amides is 1. The van der Waals surface area contributed by atoms with Crippen LogP contribution in [0.15, 0.2) is 24.3 Å². The van der Waals surface area contributed by atoms with Gasteiger partial charge in [0.15, 0.2) is 0 Å². The molecule has 0 aromatic heterocycles. The molecular formula is C21H28FN3O. The monoisotopic (exact) mass is 357 g/mol. The lowest BCUT2D eigenvalue weighted by Gasteiger charge is -2.32.